The monoisotopic (exact) mass is 1150 g/mol. The first kappa shape index (κ1) is 67.1. The van der Waals surface area contributed by atoms with Gasteiger partial charge in [-0.05, 0) is 84.5 Å². The van der Waals surface area contributed by atoms with Crippen molar-refractivity contribution in [2.75, 3.05) is 38.6 Å². The van der Waals surface area contributed by atoms with Gasteiger partial charge in [-0.15, -0.1) is 0 Å². The predicted octanol–water partition coefficient (Wildman–Crippen LogP) is 11.0. The Morgan fingerprint density at radius 2 is 0.873 bits per heavy atom. The Labute approximate surface area is 445 Å². The number of likely N-dealkylation sites (N-methyl/N-ethyl adjacent to an activating group) is 1. The van der Waals surface area contributed by atoms with Crippen molar-refractivity contribution >= 4 is 133 Å². The molecule has 15 nitrogen and oxygen atoms in total. The van der Waals surface area contributed by atoms with Crippen LogP contribution >= 0.6 is 57.4 Å². The van der Waals surface area contributed by atoms with Crippen LogP contribution in [0, 0.1) is 13.8 Å². The molecule has 5 aromatic rings. The number of carbonyl (C=O) groups excluding carboxylic acids is 8. The number of anilines is 5. The van der Waals surface area contributed by atoms with Crippen molar-refractivity contribution in [3.05, 3.63) is 149 Å². The van der Waals surface area contributed by atoms with Crippen molar-refractivity contribution in [1.29, 1.82) is 0 Å². The average Bonchev–Trinajstić information content (AvgIpc) is 4.03. The van der Waals surface area contributed by atoms with Crippen LogP contribution in [0.5, 0.6) is 0 Å². The smallest absolute Gasteiger partial charge is 0.299 e. The number of aliphatic hydroxyl groups excluding tert-OH is 1. The Balaban J connectivity index is 0. The molecule has 0 aromatic heterocycles. The first-order chi connectivity index (χ1) is 33.7. The number of halogens is 4. The van der Waals surface area contributed by atoms with E-state index in [9.17, 15) is 38.4 Å². The molecule has 0 fully saturated rings. The summed E-state index contributed by atoms with van der Waals surface area (Å²) in [5, 5.41) is 23.6. The second-order valence-corrected chi connectivity index (χ2v) is 15.4. The van der Waals surface area contributed by atoms with Crippen LogP contribution in [0.1, 0.15) is 108 Å². The number of fused-ring (bicyclic) bond motifs is 4. The van der Waals surface area contributed by atoms with E-state index in [1.807, 2.05) is 111 Å². The van der Waals surface area contributed by atoms with Crippen LogP contribution in [0.4, 0.5) is 28.4 Å². The molecule has 19 heteroatoms. The summed E-state index contributed by atoms with van der Waals surface area (Å²) in [4.78, 5) is 91.5. The van der Waals surface area contributed by atoms with E-state index in [-0.39, 0.29) is 0 Å². The molecule has 0 spiro atoms. The summed E-state index contributed by atoms with van der Waals surface area (Å²) in [6, 6.07) is 33.9. The number of hydrogen-bond acceptors (Lipinski definition) is 11. The van der Waals surface area contributed by atoms with Gasteiger partial charge in [0.2, 0.25) is 3.79 Å². The van der Waals surface area contributed by atoms with E-state index in [2.05, 4.69) is 38.5 Å². The SMILES string of the molecule is CC.CC.CC.CC.CI.CN1C(=O)C(=O)c2ccccc21.Cc1cc(C)c2c(c1)C(=O)C(=O)N2.Nc1ccccc1.O=C1Nc2ccccc2C1=O.O=C1Nc2ccccc2C1=O.OC(O)C(Cl)(Cl)Cl. The van der Waals surface area contributed by atoms with Crippen molar-refractivity contribution in [3.63, 3.8) is 0 Å². The Kier molecular flexibility index (Phi) is 33.2. The van der Waals surface area contributed by atoms with Crippen molar-refractivity contribution in [1.82, 2.24) is 0 Å². The number of ketones is 4. The summed E-state index contributed by atoms with van der Waals surface area (Å²) < 4.78 is -1.97. The molecule has 4 amide bonds. The molecule has 0 aliphatic carbocycles. The van der Waals surface area contributed by atoms with Gasteiger partial charge in [0.05, 0.1) is 45.0 Å². The van der Waals surface area contributed by atoms with Crippen molar-refractivity contribution in [3.8, 4) is 0 Å². The molecular weight excluding hydrogens is 1090 g/mol. The van der Waals surface area contributed by atoms with Crippen molar-refractivity contribution in [2.24, 2.45) is 0 Å². The summed E-state index contributed by atoms with van der Waals surface area (Å²) in [7, 11) is 1.60. The number of nitrogens with one attached hydrogen (secondary N) is 3. The third kappa shape index (κ3) is 20.7. The number of rotatable bonds is 0. The molecule has 9 rings (SSSR count). The van der Waals surface area contributed by atoms with Crippen LogP contribution in [0.15, 0.2) is 115 Å². The molecule has 0 bridgehead atoms. The third-order valence-corrected chi connectivity index (χ3v) is 9.11. The van der Waals surface area contributed by atoms with Crippen LogP contribution in [0.2, 0.25) is 0 Å². The lowest BCUT2D eigenvalue weighted by Crippen LogP contribution is -2.24. The van der Waals surface area contributed by atoms with E-state index < -0.39 is 56.8 Å². The number of carbonyl (C=O) groups is 8. The molecule has 0 radical (unpaired) electrons. The molecule has 0 atom stereocenters. The highest BCUT2D eigenvalue weighted by Crippen LogP contribution is 2.29. The topological polar surface area (TPSA) is 242 Å². The third-order valence-electron chi connectivity index (χ3n) is 8.52. The molecule has 0 saturated carbocycles. The fourth-order valence-corrected chi connectivity index (χ4v) is 5.58. The van der Waals surface area contributed by atoms with E-state index in [1.165, 1.54) is 4.90 Å². The van der Waals surface area contributed by atoms with Gasteiger partial charge in [0.1, 0.15) is 0 Å². The predicted molar refractivity (Wildman–Crippen MR) is 297 cm³/mol. The van der Waals surface area contributed by atoms with Crippen LogP contribution < -0.4 is 26.6 Å². The molecule has 4 aliphatic rings. The highest BCUT2D eigenvalue weighted by molar-refractivity contribution is 14.1. The number of amides is 4. The molecule has 4 aliphatic heterocycles. The zero-order chi connectivity index (χ0) is 55.2. The van der Waals surface area contributed by atoms with Gasteiger partial charge < -0.3 is 36.8 Å². The maximum Gasteiger partial charge on any atom is 0.299 e. The lowest BCUT2D eigenvalue weighted by atomic mass is 10.0. The molecule has 7 N–H and O–H groups in total. The quantitative estimate of drug-likeness (QED) is 0.0280. The van der Waals surface area contributed by atoms with Gasteiger partial charge in [-0.25, -0.2) is 0 Å². The van der Waals surface area contributed by atoms with E-state index in [4.69, 9.17) is 50.7 Å². The lowest BCUT2D eigenvalue weighted by molar-refractivity contribution is -0.114. The zero-order valence-corrected chi connectivity index (χ0v) is 46.2. The molecule has 0 saturated heterocycles. The van der Waals surface area contributed by atoms with Crippen LogP contribution in [-0.2, 0) is 19.2 Å². The summed E-state index contributed by atoms with van der Waals surface area (Å²) in [5.41, 5.74) is 12.7. The minimum Gasteiger partial charge on any atom is -0.399 e. The Morgan fingerprint density at radius 1 is 0.521 bits per heavy atom. The first-order valence-electron chi connectivity index (χ1n) is 22.1. The molecule has 4 heterocycles. The number of hydrogen-bond donors (Lipinski definition) is 6. The Hall–Kier alpha value is -6.02. The second-order valence-electron chi connectivity index (χ2n) is 13.0. The number of Topliss-reactive ketones (excluding diaryl/α,β-unsaturated/α-hetero) is 4. The molecule has 71 heavy (non-hydrogen) atoms. The maximum atomic E-state index is 11.3. The van der Waals surface area contributed by atoms with Crippen LogP contribution in [0.25, 0.3) is 0 Å². The van der Waals surface area contributed by atoms with Gasteiger partial charge in [0.25, 0.3) is 46.8 Å². The minimum absolute atomic E-state index is 0.409. The molecule has 0 unspecified atom stereocenters. The number of nitrogens with zero attached hydrogens (tertiary/aromatic N) is 1. The largest absolute Gasteiger partial charge is 0.399 e. The van der Waals surface area contributed by atoms with Crippen molar-refractivity contribution in [2.45, 2.75) is 79.3 Å². The van der Waals surface area contributed by atoms with Gasteiger partial charge in [0, 0.05) is 12.7 Å². The first-order valence-corrected chi connectivity index (χ1v) is 25.4. The second kappa shape index (κ2) is 35.1. The minimum atomic E-state index is -1.97. The van der Waals surface area contributed by atoms with E-state index >= 15 is 0 Å². The summed E-state index contributed by atoms with van der Waals surface area (Å²) in [6.45, 7) is 19.8. The van der Waals surface area contributed by atoms with Gasteiger partial charge >= 0.3 is 0 Å². The normalized spacial score (nSPS) is 12.2. The summed E-state index contributed by atoms with van der Waals surface area (Å²) >= 11 is 16.8. The van der Waals surface area contributed by atoms with Gasteiger partial charge in [-0.1, -0.05) is 173 Å². The standard InChI is InChI=1S/C10H9NO2.C9H7NO2.2C8H5NO2.C6H7N.C2H3Cl3O2.4C2H6.CH3I/c1-5-3-6(2)8-7(4-5)9(12)10(13)11-8;1-10-7-5-3-2-4-6(7)8(11)9(10)12;2*10-7-5-3-1-2-4-6(5)9-8(7)11;7-6-4-2-1-3-5-6;3-2(4,5)1(6)7;5*1-2/h3-4H,1-2H3,(H,11,12,13);2-5H,1H3;2*1-4H,(H,9,10,11);1-5H,7H2;1,6-7H;4*1-2H3;1H3. The summed E-state index contributed by atoms with van der Waals surface area (Å²) in [5.74, 6) is -3.77. The van der Waals surface area contributed by atoms with Crippen LogP contribution in [0.3, 0.4) is 0 Å². The number of nitrogen functional groups attached to an aromatic ring is 1. The number of benzene rings is 5. The van der Waals surface area contributed by atoms with E-state index in [1.54, 1.807) is 85.9 Å². The fourth-order valence-electron chi connectivity index (χ4n) is 5.58. The van der Waals surface area contributed by atoms with Gasteiger partial charge in [-0.3, -0.25) is 38.4 Å². The number of aliphatic hydroxyl groups is 2. The maximum absolute atomic E-state index is 11.3. The van der Waals surface area contributed by atoms with E-state index in [0.29, 0.717) is 45.0 Å². The number of para-hydroxylation sites is 4. The van der Waals surface area contributed by atoms with Gasteiger partial charge in [-0.2, -0.15) is 0 Å². The molecular formula is C52H63Cl3IN5O10. The van der Waals surface area contributed by atoms with Crippen molar-refractivity contribution < 1.29 is 48.6 Å². The number of aryl methyl sites for hydroxylation is 2. The van der Waals surface area contributed by atoms with Crippen LogP contribution in [-0.4, -0.2) is 79.0 Å². The number of alkyl halides is 4. The Morgan fingerprint density at radius 3 is 1.24 bits per heavy atom. The van der Waals surface area contributed by atoms with E-state index in [0.717, 1.165) is 16.8 Å². The average molecular weight is 1150 g/mol. The fraction of sp³-hybridized carbons (Fsp3) is 0.269. The highest BCUT2D eigenvalue weighted by atomic mass is 127. The van der Waals surface area contributed by atoms with Gasteiger partial charge in [0.15, 0.2) is 6.29 Å². The molecule has 384 valence electrons. The Bertz CT molecular complexity index is 2480. The lowest BCUT2D eigenvalue weighted by Gasteiger charge is -2.10. The number of nitrogens with two attached hydrogens (primary N) is 1. The summed E-state index contributed by atoms with van der Waals surface area (Å²) in [6.07, 6.45) is -1.91. The molecule has 5 aromatic carbocycles. The highest BCUT2D eigenvalue weighted by Gasteiger charge is 2.33. The zero-order valence-electron chi connectivity index (χ0n) is 41.7.